The molecule has 0 saturated carbocycles. The maximum Gasteiger partial charge on any atom is 0.241 e. The highest BCUT2D eigenvalue weighted by Gasteiger charge is 2.48. The standard InChI is InChI=1S/C22H25F2N3O/c23-19-11-16(12-20(24)13-19)5-6-26-21(28)22(27-9-7-25-8-10-27)14-17-3-1-2-4-18(17)15-22/h1-4,11-13,25H,5-10,14-15H2,(H,26,28). The van der Waals surface area contributed by atoms with Crippen LogP contribution in [0.2, 0.25) is 0 Å². The van der Waals surface area contributed by atoms with E-state index < -0.39 is 17.2 Å². The van der Waals surface area contributed by atoms with Gasteiger partial charge in [0.2, 0.25) is 5.91 Å². The van der Waals surface area contributed by atoms with E-state index in [0.29, 0.717) is 31.4 Å². The van der Waals surface area contributed by atoms with Gasteiger partial charge in [-0.3, -0.25) is 9.69 Å². The third-order valence-electron chi connectivity index (χ3n) is 5.85. The van der Waals surface area contributed by atoms with E-state index in [2.05, 4.69) is 27.7 Å². The fraction of sp³-hybridized carbons (Fsp3) is 0.409. The molecule has 0 spiro atoms. The predicted octanol–water partition coefficient (Wildman–Crippen LogP) is 2.07. The fourth-order valence-electron chi connectivity index (χ4n) is 4.46. The smallest absolute Gasteiger partial charge is 0.241 e. The average molecular weight is 385 g/mol. The maximum atomic E-state index is 13.4. The first kappa shape index (κ1) is 19.0. The first-order chi connectivity index (χ1) is 13.6. The maximum absolute atomic E-state index is 13.4. The Labute approximate surface area is 163 Å². The molecule has 1 amide bonds. The van der Waals surface area contributed by atoms with Gasteiger partial charge >= 0.3 is 0 Å². The lowest BCUT2D eigenvalue weighted by atomic mass is 9.91. The molecule has 0 atom stereocenters. The van der Waals surface area contributed by atoms with E-state index in [4.69, 9.17) is 0 Å². The van der Waals surface area contributed by atoms with Crippen LogP contribution in [0.15, 0.2) is 42.5 Å². The number of carbonyl (C=O) groups is 1. The first-order valence-corrected chi connectivity index (χ1v) is 9.83. The summed E-state index contributed by atoms with van der Waals surface area (Å²) in [7, 11) is 0. The monoisotopic (exact) mass is 385 g/mol. The van der Waals surface area contributed by atoms with E-state index in [9.17, 15) is 13.6 Å². The summed E-state index contributed by atoms with van der Waals surface area (Å²) in [6.45, 7) is 3.75. The quantitative estimate of drug-likeness (QED) is 0.828. The Morgan fingerprint density at radius 3 is 2.25 bits per heavy atom. The molecule has 2 aromatic rings. The molecule has 0 radical (unpaired) electrons. The van der Waals surface area contributed by atoms with Crippen molar-refractivity contribution in [2.75, 3.05) is 32.7 Å². The van der Waals surface area contributed by atoms with Crippen LogP contribution in [-0.4, -0.2) is 49.1 Å². The molecule has 0 aromatic heterocycles. The van der Waals surface area contributed by atoms with Crippen molar-refractivity contribution in [1.82, 2.24) is 15.5 Å². The number of amides is 1. The summed E-state index contributed by atoms with van der Waals surface area (Å²) in [4.78, 5) is 15.6. The number of piperazine rings is 1. The highest BCUT2D eigenvalue weighted by molar-refractivity contribution is 5.88. The zero-order valence-corrected chi connectivity index (χ0v) is 15.8. The Bertz CT molecular complexity index is 819. The molecule has 1 aliphatic heterocycles. The molecule has 0 bridgehead atoms. The first-order valence-electron chi connectivity index (χ1n) is 9.83. The van der Waals surface area contributed by atoms with Crippen molar-refractivity contribution >= 4 is 5.91 Å². The minimum atomic E-state index is -0.593. The van der Waals surface area contributed by atoms with Crippen LogP contribution in [0.4, 0.5) is 8.78 Å². The van der Waals surface area contributed by atoms with Crippen molar-refractivity contribution in [2.45, 2.75) is 24.8 Å². The van der Waals surface area contributed by atoms with Crippen molar-refractivity contribution in [1.29, 1.82) is 0 Å². The molecular weight excluding hydrogens is 360 g/mol. The molecule has 2 N–H and O–H groups in total. The molecule has 1 fully saturated rings. The Kier molecular flexibility index (Phi) is 5.42. The summed E-state index contributed by atoms with van der Waals surface area (Å²) in [5, 5.41) is 6.39. The number of halogens is 2. The summed E-state index contributed by atoms with van der Waals surface area (Å²) in [5.41, 5.74) is 2.41. The number of nitrogens with zero attached hydrogens (tertiary/aromatic N) is 1. The summed E-state index contributed by atoms with van der Waals surface area (Å²) in [5.74, 6) is -1.18. The summed E-state index contributed by atoms with van der Waals surface area (Å²) in [6.07, 6.45) is 1.79. The highest BCUT2D eigenvalue weighted by Crippen LogP contribution is 2.35. The minimum absolute atomic E-state index is 0.00229. The van der Waals surface area contributed by atoms with Crippen LogP contribution in [0.3, 0.4) is 0 Å². The zero-order valence-electron chi connectivity index (χ0n) is 15.8. The van der Waals surface area contributed by atoms with Crippen molar-refractivity contribution in [3.63, 3.8) is 0 Å². The third kappa shape index (κ3) is 3.80. The van der Waals surface area contributed by atoms with Crippen molar-refractivity contribution in [3.8, 4) is 0 Å². The zero-order chi connectivity index (χ0) is 19.6. The largest absolute Gasteiger partial charge is 0.354 e. The normalized spacial score (nSPS) is 18.6. The number of hydrogen-bond donors (Lipinski definition) is 2. The molecule has 4 nitrogen and oxygen atoms in total. The molecule has 148 valence electrons. The van der Waals surface area contributed by atoms with E-state index in [1.165, 1.54) is 23.3 Å². The van der Waals surface area contributed by atoms with E-state index in [1.54, 1.807) is 0 Å². The Hall–Kier alpha value is -2.31. The number of carbonyl (C=O) groups excluding carboxylic acids is 1. The van der Waals surface area contributed by atoms with Gasteiger partial charge in [0, 0.05) is 51.6 Å². The Balaban J connectivity index is 1.48. The topological polar surface area (TPSA) is 44.4 Å². The predicted molar refractivity (Wildman–Crippen MR) is 104 cm³/mol. The second-order valence-corrected chi connectivity index (χ2v) is 7.67. The van der Waals surface area contributed by atoms with Crippen LogP contribution in [0.25, 0.3) is 0 Å². The van der Waals surface area contributed by atoms with Gasteiger partial charge in [-0.1, -0.05) is 24.3 Å². The minimum Gasteiger partial charge on any atom is -0.354 e. The van der Waals surface area contributed by atoms with Crippen LogP contribution >= 0.6 is 0 Å². The average Bonchev–Trinajstić information content (AvgIpc) is 3.09. The van der Waals surface area contributed by atoms with Crippen LogP contribution in [0.1, 0.15) is 16.7 Å². The molecular formula is C22H25F2N3O. The van der Waals surface area contributed by atoms with Gasteiger partial charge in [0.15, 0.2) is 0 Å². The number of fused-ring (bicyclic) bond motifs is 1. The second-order valence-electron chi connectivity index (χ2n) is 7.67. The number of rotatable bonds is 5. The van der Waals surface area contributed by atoms with Crippen LogP contribution in [0, 0.1) is 11.6 Å². The lowest BCUT2D eigenvalue weighted by Gasteiger charge is -2.42. The fourth-order valence-corrected chi connectivity index (χ4v) is 4.46. The lowest BCUT2D eigenvalue weighted by Crippen LogP contribution is -2.64. The summed E-state index contributed by atoms with van der Waals surface area (Å²) < 4.78 is 26.8. The number of nitrogens with one attached hydrogen (secondary N) is 2. The van der Waals surface area contributed by atoms with Gasteiger partial charge in [0.25, 0.3) is 0 Å². The van der Waals surface area contributed by atoms with Crippen LogP contribution in [0.5, 0.6) is 0 Å². The van der Waals surface area contributed by atoms with Crippen molar-refractivity contribution < 1.29 is 13.6 Å². The number of benzene rings is 2. The second kappa shape index (κ2) is 7.97. The van der Waals surface area contributed by atoms with Gasteiger partial charge in [0.1, 0.15) is 17.2 Å². The van der Waals surface area contributed by atoms with Gasteiger partial charge in [-0.15, -0.1) is 0 Å². The third-order valence-corrected chi connectivity index (χ3v) is 5.85. The van der Waals surface area contributed by atoms with Gasteiger partial charge in [-0.05, 0) is 35.2 Å². The molecule has 1 aliphatic carbocycles. The Morgan fingerprint density at radius 2 is 1.64 bits per heavy atom. The molecule has 0 unspecified atom stereocenters. The SMILES string of the molecule is O=C(NCCc1cc(F)cc(F)c1)C1(N2CCNCC2)Cc2ccccc2C1. The molecule has 4 rings (SSSR count). The van der Waals surface area contributed by atoms with E-state index in [1.807, 2.05) is 12.1 Å². The molecule has 1 saturated heterocycles. The van der Waals surface area contributed by atoms with Crippen LogP contribution in [-0.2, 0) is 24.1 Å². The Morgan fingerprint density at radius 1 is 1.04 bits per heavy atom. The van der Waals surface area contributed by atoms with Gasteiger partial charge < -0.3 is 10.6 Å². The highest BCUT2D eigenvalue weighted by atomic mass is 19.1. The number of hydrogen-bond acceptors (Lipinski definition) is 3. The van der Waals surface area contributed by atoms with Crippen LogP contribution < -0.4 is 10.6 Å². The lowest BCUT2D eigenvalue weighted by molar-refractivity contribution is -0.133. The van der Waals surface area contributed by atoms with E-state index >= 15 is 0 Å². The summed E-state index contributed by atoms with van der Waals surface area (Å²) in [6, 6.07) is 11.7. The molecule has 28 heavy (non-hydrogen) atoms. The van der Waals surface area contributed by atoms with Crippen molar-refractivity contribution in [2.24, 2.45) is 0 Å². The molecule has 6 heteroatoms. The van der Waals surface area contributed by atoms with Gasteiger partial charge in [-0.25, -0.2) is 8.78 Å². The van der Waals surface area contributed by atoms with E-state index in [0.717, 1.165) is 32.2 Å². The van der Waals surface area contributed by atoms with Crippen molar-refractivity contribution in [3.05, 3.63) is 70.8 Å². The molecule has 1 heterocycles. The van der Waals surface area contributed by atoms with Gasteiger partial charge in [0.05, 0.1) is 0 Å². The summed E-state index contributed by atoms with van der Waals surface area (Å²) >= 11 is 0. The molecule has 2 aromatic carbocycles. The molecule has 2 aliphatic rings. The van der Waals surface area contributed by atoms with Gasteiger partial charge in [-0.2, -0.15) is 0 Å². The van der Waals surface area contributed by atoms with E-state index in [-0.39, 0.29) is 5.91 Å².